The minimum absolute atomic E-state index is 0.151. The van der Waals surface area contributed by atoms with Crippen LogP contribution in [0.25, 0.3) is 5.65 Å². The quantitative estimate of drug-likeness (QED) is 0.422. The average Bonchev–Trinajstić information content (AvgIpc) is 3.21. The number of carbonyl (C=O) groups excluding carboxylic acids is 1. The summed E-state index contributed by atoms with van der Waals surface area (Å²) in [4.78, 5) is 17.6. The number of imidazole rings is 1. The number of benzene rings is 1. The zero-order valence-electron chi connectivity index (χ0n) is 18.4. The van der Waals surface area contributed by atoms with Crippen LogP contribution in [-0.4, -0.2) is 77.4 Å². The van der Waals surface area contributed by atoms with E-state index in [0.717, 1.165) is 30.0 Å². The number of aromatic nitrogens is 2. The number of hydrogen-bond acceptors (Lipinski definition) is 7. The van der Waals surface area contributed by atoms with Gasteiger partial charge in [-0.05, 0) is 12.5 Å². The van der Waals surface area contributed by atoms with Crippen molar-refractivity contribution in [2.24, 2.45) is 5.10 Å². The van der Waals surface area contributed by atoms with Crippen molar-refractivity contribution in [3.8, 4) is 5.75 Å². The molecular weight excluding hydrogens is 601 g/mol. The fourth-order valence-electron chi connectivity index (χ4n) is 3.59. The first-order valence-corrected chi connectivity index (χ1v) is 12.4. The van der Waals surface area contributed by atoms with Gasteiger partial charge in [0.15, 0.2) is 0 Å². The Morgan fingerprint density at radius 2 is 1.94 bits per heavy atom. The van der Waals surface area contributed by atoms with Gasteiger partial charge >= 0.3 is 134 Å². The molecule has 3 heterocycles. The molecule has 0 aliphatic carbocycles. The number of rotatable bonds is 6. The maximum absolute atomic E-state index is 13.0. The van der Waals surface area contributed by atoms with Gasteiger partial charge in [-0.2, -0.15) is 0 Å². The van der Waals surface area contributed by atoms with E-state index in [1.807, 2.05) is 58.9 Å². The van der Waals surface area contributed by atoms with Gasteiger partial charge in [0.1, 0.15) is 11.4 Å². The number of hydrazone groups is 1. The topological polar surface area (TPSA) is 83.7 Å². The van der Waals surface area contributed by atoms with Crippen LogP contribution in [0.1, 0.15) is 28.7 Å². The van der Waals surface area contributed by atoms with Crippen molar-refractivity contribution >= 4 is 49.3 Å². The number of amides is 1. The Bertz CT molecular complexity index is 1140. The molecule has 0 unspecified atom stereocenters. The van der Waals surface area contributed by atoms with Crippen molar-refractivity contribution in [1.29, 1.82) is 0 Å². The number of amidine groups is 1. The van der Waals surface area contributed by atoms with Crippen LogP contribution in [0.15, 0.2) is 47.7 Å². The van der Waals surface area contributed by atoms with Gasteiger partial charge in [-0.1, -0.05) is 6.92 Å². The number of nitrogens with one attached hydrogen (secondary N) is 1. The summed E-state index contributed by atoms with van der Waals surface area (Å²) < 4.78 is 14.6. The third-order valence-corrected chi connectivity index (χ3v) is 7.19. The van der Waals surface area contributed by atoms with E-state index in [4.69, 9.17) is 9.47 Å². The first-order chi connectivity index (χ1) is 15.5. The summed E-state index contributed by atoms with van der Waals surface area (Å²) in [7, 11) is 3.26. The number of anilines is 1. The van der Waals surface area contributed by atoms with Crippen LogP contribution in [0, 0.1) is 0 Å². The Morgan fingerprint density at radius 3 is 2.62 bits per heavy atom. The van der Waals surface area contributed by atoms with Gasteiger partial charge < -0.3 is 4.74 Å². The van der Waals surface area contributed by atoms with Crippen molar-refractivity contribution in [2.45, 2.75) is 19.9 Å². The van der Waals surface area contributed by atoms with Gasteiger partial charge in [0.05, 0.1) is 12.8 Å². The molecule has 0 atom stereocenters. The SMILES string of the molecule is CCc1nc2cc(OC)ccn2c1C(=O)NCc1ccc(N2CC[N]([Tl])C(OC)=N2)cc1. The molecule has 1 aliphatic rings. The van der Waals surface area contributed by atoms with Gasteiger partial charge in [0, 0.05) is 12.3 Å². The molecule has 164 valence electrons. The van der Waals surface area contributed by atoms with Gasteiger partial charge in [-0.25, -0.2) is 4.98 Å². The fourth-order valence-corrected chi connectivity index (χ4v) is 4.65. The second kappa shape index (κ2) is 9.76. The number of pyridine rings is 1. The number of nitrogens with zero attached hydrogens (tertiary/aromatic N) is 5. The summed E-state index contributed by atoms with van der Waals surface area (Å²) in [5.41, 5.74) is 4.02. The van der Waals surface area contributed by atoms with Crippen LogP contribution >= 0.6 is 0 Å². The third kappa shape index (κ3) is 4.52. The average molecular weight is 626 g/mol. The van der Waals surface area contributed by atoms with Crippen LogP contribution in [0.5, 0.6) is 5.75 Å². The number of fused-ring (bicyclic) bond motifs is 1. The van der Waals surface area contributed by atoms with Crippen LogP contribution < -0.4 is 15.1 Å². The molecule has 0 fully saturated rings. The van der Waals surface area contributed by atoms with Crippen LogP contribution in [0.3, 0.4) is 0 Å². The molecule has 0 bridgehead atoms. The van der Waals surface area contributed by atoms with E-state index in [0.29, 0.717) is 62.1 Å². The molecular formula is C22H25N6O3Tl. The molecule has 0 radical (unpaired) electrons. The zero-order chi connectivity index (χ0) is 22.7. The summed E-state index contributed by atoms with van der Waals surface area (Å²) in [6, 6.07) is 12.4. The Morgan fingerprint density at radius 1 is 1.16 bits per heavy atom. The van der Waals surface area contributed by atoms with E-state index in [-0.39, 0.29) is 5.91 Å². The molecule has 1 aromatic carbocycles. The Balaban J connectivity index is 1.46. The molecule has 1 N–H and O–H groups in total. The number of carbonyl (C=O) groups is 1. The molecule has 0 spiro atoms. The first kappa shape index (κ1) is 22.4. The first-order valence-electron chi connectivity index (χ1n) is 10.4. The van der Waals surface area contributed by atoms with Crippen molar-refractivity contribution in [3.63, 3.8) is 0 Å². The van der Waals surface area contributed by atoms with Gasteiger partial charge in [0.2, 0.25) is 0 Å². The fraction of sp³-hybridized carbons (Fsp3) is 0.318. The predicted octanol–water partition coefficient (Wildman–Crippen LogP) is 1.96. The van der Waals surface area contributed by atoms with Crippen LogP contribution in [0.4, 0.5) is 5.69 Å². The van der Waals surface area contributed by atoms with Gasteiger partial charge in [-0.15, -0.1) is 0 Å². The summed E-state index contributed by atoms with van der Waals surface area (Å²) >= 11 is 0.662. The number of methoxy groups -OCH3 is 2. The number of ether oxygens (including phenoxy) is 2. The van der Waals surface area contributed by atoms with Crippen molar-refractivity contribution in [3.05, 3.63) is 59.5 Å². The second-order valence-electron chi connectivity index (χ2n) is 7.31. The van der Waals surface area contributed by atoms with E-state index in [9.17, 15) is 4.79 Å². The van der Waals surface area contributed by atoms with E-state index < -0.39 is 0 Å². The van der Waals surface area contributed by atoms with E-state index in [1.165, 1.54) is 0 Å². The van der Waals surface area contributed by atoms with E-state index >= 15 is 0 Å². The molecule has 4 rings (SSSR count). The molecule has 0 saturated heterocycles. The molecule has 3 aromatic rings. The second-order valence-corrected chi connectivity index (χ2v) is 9.73. The van der Waals surface area contributed by atoms with Crippen molar-refractivity contribution in [2.75, 3.05) is 32.3 Å². The molecule has 1 amide bonds. The zero-order valence-corrected chi connectivity index (χ0v) is 22.9. The number of aryl methyl sites for hydroxylation is 1. The van der Waals surface area contributed by atoms with Gasteiger partial charge in [0.25, 0.3) is 0 Å². The monoisotopic (exact) mass is 626 g/mol. The number of hydrogen-bond donors (Lipinski definition) is 1. The predicted molar refractivity (Wildman–Crippen MR) is 123 cm³/mol. The Hall–Kier alpha value is -2.83. The van der Waals surface area contributed by atoms with Crippen molar-refractivity contribution in [1.82, 2.24) is 17.4 Å². The third-order valence-electron chi connectivity index (χ3n) is 5.33. The van der Waals surface area contributed by atoms with Crippen LogP contribution in [-0.2, 0) is 17.7 Å². The van der Waals surface area contributed by atoms with E-state index in [2.05, 4.69) is 18.1 Å². The molecule has 32 heavy (non-hydrogen) atoms. The maximum atomic E-state index is 13.0. The van der Waals surface area contributed by atoms with Crippen LogP contribution in [0.2, 0.25) is 0 Å². The summed E-state index contributed by atoms with van der Waals surface area (Å²) in [5, 5.41) is 9.53. The molecule has 10 heteroatoms. The molecule has 9 nitrogen and oxygen atoms in total. The molecule has 1 aliphatic heterocycles. The Labute approximate surface area is 203 Å². The summed E-state index contributed by atoms with van der Waals surface area (Å²) in [6.45, 7) is 4.14. The minimum atomic E-state index is -0.151. The summed E-state index contributed by atoms with van der Waals surface area (Å²) in [5.74, 6) is 0.559. The normalized spacial score (nSPS) is 13.8. The Kier molecular flexibility index (Phi) is 6.82. The van der Waals surface area contributed by atoms with Crippen molar-refractivity contribution < 1.29 is 14.3 Å². The molecule has 2 aromatic heterocycles. The van der Waals surface area contributed by atoms with Gasteiger partial charge in [-0.3, -0.25) is 4.40 Å². The standard InChI is InChI=1S/C22H26N6O3.Tl/c1-4-18-20(27-11-9-17(30-2)13-19(27)25-18)21(29)24-14-15-5-7-16(8-6-15)28-12-10-23-22(26-28)31-3;/h5-9,11,13H,4,10,12,14H2,1-3H3,(H2,23,24,26,29);/q;+1/p-1. The summed E-state index contributed by atoms with van der Waals surface area (Å²) in [6.07, 6.45) is 2.48. The van der Waals surface area contributed by atoms with E-state index in [1.54, 1.807) is 14.2 Å². The molecule has 0 saturated carbocycles.